The molecule has 2 aromatic heterocycles. The summed E-state index contributed by atoms with van der Waals surface area (Å²) in [6, 6.07) is 12.0. The number of rotatable bonds is 6. The third kappa shape index (κ3) is 5.44. The number of aromatic nitrogens is 2. The number of carbonyl (C=O) groups excluding carboxylic acids is 1. The normalized spacial score (nSPS) is 12.2. The molecule has 4 rings (SSSR count). The Hall–Kier alpha value is -3.89. The van der Waals surface area contributed by atoms with Crippen molar-refractivity contribution in [3.63, 3.8) is 0 Å². The van der Waals surface area contributed by atoms with E-state index >= 15 is 0 Å². The van der Waals surface area contributed by atoms with Crippen LogP contribution in [-0.2, 0) is 17.4 Å². The van der Waals surface area contributed by atoms with Crippen LogP contribution in [0.2, 0.25) is 0 Å². The lowest BCUT2D eigenvalue weighted by molar-refractivity contribution is -0.170. The molecule has 0 atom stereocenters. The molecular weight excluding hydrogens is 476 g/mol. The molecule has 0 aliphatic carbocycles. The average molecular weight is 493 g/mol. The third-order valence-electron chi connectivity index (χ3n) is 5.33. The van der Waals surface area contributed by atoms with E-state index < -0.39 is 23.8 Å². The van der Waals surface area contributed by atoms with E-state index in [0.717, 1.165) is 12.1 Å². The number of alkyl halides is 6. The van der Waals surface area contributed by atoms with Crippen LogP contribution >= 0.6 is 0 Å². The van der Waals surface area contributed by atoms with Gasteiger partial charge in [-0.3, -0.25) is 9.78 Å². The van der Waals surface area contributed by atoms with Crippen molar-refractivity contribution < 1.29 is 35.7 Å². The van der Waals surface area contributed by atoms with Crippen LogP contribution in [0, 0.1) is 0 Å². The van der Waals surface area contributed by atoms with E-state index in [1.54, 1.807) is 18.3 Å². The molecular formula is C24H17F6N3O2. The van der Waals surface area contributed by atoms with Crippen LogP contribution < -0.4 is 4.90 Å². The Kier molecular flexibility index (Phi) is 6.51. The fourth-order valence-corrected chi connectivity index (χ4v) is 3.65. The third-order valence-corrected chi connectivity index (χ3v) is 5.33. The van der Waals surface area contributed by atoms with E-state index in [4.69, 9.17) is 4.52 Å². The van der Waals surface area contributed by atoms with Gasteiger partial charge in [-0.1, -0.05) is 23.4 Å². The Bertz CT molecular complexity index is 1330. The van der Waals surface area contributed by atoms with Gasteiger partial charge >= 0.3 is 18.3 Å². The quantitative estimate of drug-likeness (QED) is 0.290. The zero-order valence-electron chi connectivity index (χ0n) is 17.9. The van der Waals surface area contributed by atoms with E-state index in [-0.39, 0.29) is 30.8 Å². The first-order valence-electron chi connectivity index (χ1n) is 10.4. The largest absolute Gasteiger partial charge is 0.471 e. The van der Waals surface area contributed by atoms with Gasteiger partial charge in [-0.05, 0) is 49.2 Å². The van der Waals surface area contributed by atoms with Crippen molar-refractivity contribution in [2.45, 2.75) is 25.2 Å². The van der Waals surface area contributed by atoms with Gasteiger partial charge in [0.05, 0.1) is 17.3 Å². The van der Waals surface area contributed by atoms with Crippen LogP contribution in [0.4, 0.5) is 32.0 Å². The van der Waals surface area contributed by atoms with Crippen LogP contribution in [0.5, 0.6) is 0 Å². The molecule has 0 N–H and O–H groups in total. The Morgan fingerprint density at radius 1 is 0.971 bits per heavy atom. The highest BCUT2D eigenvalue weighted by Gasteiger charge is 2.43. The van der Waals surface area contributed by atoms with Gasteiger partial charge < -0.3 is 9.42 Å². The van der Waals surface area contributed by atoms with Crippen molar-refractivity contribution in [3.05, 3.63) is 78.1 Å². The molecule has 0 radical (unpaired) electrons. The summed E-state index contributed by atoms with van der Waals surface area (Å²) in [5, 5.41) is 4.25. The van der Waals surface area contributed by atoms with Crippen molar-refractivity contribution in [2.75, 3.05) is 11.4 Å². The smallest absolute Gasteiger partial charge is 0.356 e. The maximum Gasteiger partial charge on any atom is 0.471 e. The van der Waals surface area contributed by atoms with Gasteiger partial charge in [-0.15, -0.1) is 0 Å². The Morgan fingerprint density at radius 2 is 1.71 bits per heavy atom. The lowest BCUT2D eigenvalue weighted by Gasteiger charge is -2.24. The van der Waals surface area contributed by atoms with E-state index in [1.807, 2.05) is 0 Å². The van der Waals surface area contributed by atoms with Gasteiger partial charge in [0.2, 0.25) is 0 Å². The van der Waals surface area contributed by atoms with Crippen LogP contribution in [0.3, 0.4) is 0 Å². The second-order valence-electron chi connectivity index (χ2n) is 7.69. The maximum absolute atomic E-state index is 13.3. The zero-order chi connectivity index (χ0) is 25.2. The highest BCUT2D eigenvalue weighted by atomic mass is 19.4. The molecule has 5 nitrogen and oxygen atoms in total. The first kappa shape index (κ1) is 24.2. The maximum atomic E-state index is 13.3. The molecule has 35 heavy (non-hydrogen) atoms. The molecule has 4 aromatic rings. The summed E-state index contributed by atoms with van der Waals surface area (Å²) < 4.78 is 83.5. The highest BCUT2D eigenvalue weighted by molar-refractivity contribution is 5.99. The number of benzene rings is 2. The van der Waals surface area contributed by atoms with Gasteiger partial charge in [-0.25, -0.2) is 0 Å². The number of amides is 1. The summed E-state index contributed by atoms with van der Waals surface area (Å²) in [6.07, 6.45) is -6.38. The SMILES string of the molecule is O=C(N(CCCc1cnoc1-c1ccc(C(F)(F)F)cc1)c1ccc2ncccc2c1)C(F)(F)F. The molecule has 11 heteroatoms. The van der Waals surface area contributed by atoms with Gasteiger partial charge in [-0.2, -0.15) is 26.3 Å². The predicted octanol–water partition coefficient (Wildman–Crippen LogP) is 6.44. The summed E-state index contributed by atoms with van der Waals surface area (Å²) in [7, 11) is 0. The first-order valence-corrected chi connectivity index (χ1v) is 10.4. The summed E-state index contributed by atoms with van der Waals surface area (Å²) in [5.41, 5.74) is 0.652. The molecule has 0 saturated heterocycles. The fourth-order valence-electron chi connectivity index (χ4n) is 3.65. The summed E-state index contributed by atoms with van der Waals surface area (Å²) >= 11 is 0. The molecule has 0 aliphatic rings. The summed E-state index contributed by atoms with van der Waals surface area (Å²) in [5.74, 6) is -1.79. The van der Waals surface area contributed by atoms with Crippen LogP contribution in [-0.4, -0.2) is 28.8 Å². The molecule has 182 valence electrons. The lowest BCUT2D eigenvalue weighted by Crippen LogP contribution is -2.42. The summed E-state index contributed by atoms with van der Waals surface area (Å²) in [6.45, 7) is -0.262. The molecule has 0 unspecified atom stereocenters. The monoisotopic (exact) mass is 493 g/mol. The Labute approximate surface area is 195 Å². The van der Waals surface area contributed by atoms with E-state index in [1.165, 1.54) is 36.5 Å². The van der Waals surface area contributed by atoms with Gasteiger partial charge in [0.1, 0.15) is 0 Å². The molecule has 0 saturated carbocycles. The molecule has 2 aromatic carbocycles. The van der Waals surface area contributed by atoms with Gasteiger partial charge in [0, 0.05) is 34.9 Å². The van der Waals surface area contributed by atoms with Crippen molar-refractivity contribution >= 4 is 22.5 Å². The molecule has 0 bridgehead atoms. The van der Waals surface area contributed by atoms with Crippen LogP contribution in [0.1, 0.15) is 17.5 Å². The predicted molar refractivity (Wildman–Crippen MR) is 115 cm³/mol. The minimum atomic E-state index is -5.08. The average Bonchev–Trinajstić information content (AvgIpc) is 3.28. The number of anilines is 1. The highest BCUT2D eigenvalue weighted by Crippen LogP contribution is 2.32. The standard InChI is InChI=1S/C24H17F6N3O2/c25-23(26,27)18-7-5-15(6-8-18)21-17(14-32-35-21)4-2-12-33(22(34)24(28,29)30)19-9-10-20-16(13-19)3-1-11-31-20/h1,3,5-11,13-14H,2,4,12H2. The molecule has 0 fully saturated rings. The van der Waals surface area contributed by atoms with E-state index in [9.17, 15) is 31.1 Å². The second kappa shape index (κ2) is 9.40. The number of pyridine rings is 1. The second-order valence-corrected chi connectivity index (χ2v) is 7.69. The Balaban J connectivity index is 1.53. The van der Waals surface area contributed by atoms with Gasteiger partial charge in [0.25, 0.3) is 0 Å². The number of aryl methyl sites for hydroxylation is 1. The number of nitrogens with zero attached hydrogens (tertiary/aromatic N) is 3. The van der Waals surface area contributed by atoms with Crippen molar-refractivity contribution in [2.24, 2.45) is 0 Å². The molecule has 0 spiro atoms. The molecule has 1 amide bonds. The number of hydrogen-bond acceptors (Lipinski definition) is 4. The minimum Gasteiger partial charge on any atom is -0.356 e. The first-order chi connectivity index (χ1) is 16.5. The van der Waals surface area contributed by atoms with E-state index in [0.29, 0.717) is 26.9 Å². The topological polar surface area (TPSA) is 59.2 Å². The van der Waals surface area contributed by atoms with E-state index in [2.05, 4.69) is 10.1 Å². The minimum absolute atomic E-state index is 0.0705. The lowest BCUT2D eigenvalue weighted by atomic mass is 10.0. The number of halogens is 6. The molecule has 0 aliphatic heterocycles. The zero-order valence-corrected chi connectivity index (χ0v) is 17.9. The molecule has 2 heterocycles. The Morgan fingerprint density at radius 3 is 2.40 bits per heavy atom. The van der Waals surface area contributed by atoms with Gasteiger partial charge in [0.15, 0.2) is 5.76 Å². The summed E-state index contributed by atoms with van der Waals surface area (Å²) in [4.78, 5) is 16.9. The van der Waals surface area contributed by atoms with Crippen LogP contribution in [0.15, 0.2) is 71.5 Å². The van der Waals surface area contributed by atoms with Crippen molar-refractivity contribution in [1.29, 1.82) is 0 Å². The number of carbonyl (C=O) groups is 1. The fraction of sp³-hybridized carbons (Fsp3) is 0.208. The van der Waals surface area contributed by atoms with Crippen molar-refractivity contribution in [1.82, 2.24) is 10.1 Å². The van der Waals surface area contributed by atoms with Crippen molar-refractivity contribution in [3.8, 4) is 11.3 Å². The van der Waals surface area contributed by atoms with Crippen LogP contribution in [0.25, 0.3) is 22.2 Å². The number of fused-ring (bicyclic) bond motifs is 1. The number of hydrogen-bond donors (Lipinski definition) is 0.